The van der Waals surface area contributed by atoms with Gasteiger partial charge >= 0.3 is 12.1 Å². The molecule has 0 bridgehead atoms. The summed E-state index contributed by atoms with van der Waals surface area (Å²) in [6.07, 6.45) is 1.04. The Bertz CT molecular complexity index is 486. The molecule has 0 saturated carbocycles. The average molecular weight is 279 g/mol. The first kappa shape index (κ1) is 15.6. The molecule has 0 aliphatic rings. The lowest BCUT2D eigenvalue weighted by molar-refractivity contribution is -0.139. The van der Waals surface area contributed by atoms with Crippen molar-refractivity contribution in [3.8, 4) is 5.75 Å². The number of carbonyl (C=O) groups is 2. The van der Waals surface area contributed by atoms with Crippen molar-refractivity contribution in [3.05, 3.63) is 42.5 Å². The summed E-state index contributed by atoms with van der Waals surface area (Å²) in [5.41, 5.74) is 0.811. The molecule has 0 saturated heterocycles. The Hall–Kier alpha value is -2.50. The highest BCUT2D eigenvalue weighted by molar-refractivity contribution is 5.68. The minimum absolute atomic E-state index is 0.158. The van der Waals surface area contributed by atoms with Gasteiger partial charge in [-0.1, -0.05) is 24.8 Å². The highest BCUT2D eigenvalue weighted by atomic mass is 16.6. The Morgan fingerprint density at radius 1 is 1.45 bits per heavy atom. The molecule has 0 aromatic heterocycles. The molecule has 1 aromatic carbocycles. The fourth-order valence-corrected chi connectivity index (χ4v) is 1.46. The lowest BCUT2D eigenvalue weighted by Crippen LogP contribution is -2.27. The minimum Gasteiger partial charge on any atom is -0.482 e. The quantitative estimate of drug-likeness (QED) is 0.771. The SMILES string of the molecule is C=CCOC(=O)N(C)Cc1cccc(OCC(=O)O)c1. The van der Waals surface area contributed by atoms with Crippen LogP contribution in [0.1, 0.15) is 5.56 Å². The zero-order valence-electron chi connectivity index (χ0n) is 11.2. The van der Waals surface area contributed by atoms with E-state index in [4.69, 9.17) is 14.6 Å². The van der Waals surface area contributed by atoms with E-state index in [2.05, 4.69) is 6.58 Å². The highest BCUT2D eigenvalue weighted by Gasteiger charge is 2.10. The lowest BCUT2D eigenvalue weighted by Gasteiger charge is -2.16. The van der Waals surface area contributed by atoms with Crippen LogP contribution in [0.3, 0.4) is 0 Å². The number of nitrogens with zero attached hydrogens (tertiary/aromatic N) is 1. The first-order valence-corrected chi connectivity index (χ1v) is 5.95. The number of carboxylic acid groups (broad SMARTS) is 1. The Kier molecular flexibility index (Phi) is 6.09. The third-order valence-corrected chi connectivity index (χ3v) is 2.32. The van der Waals surface area contributed by atoms with E-state index in [-0.39, 0.29) is 6.61 Å². The maximum Gasteiger partial charge on any atom is 0.410 e. The van der Waals surface area contributed by atoms with Crippen LogP contribution in [0.4, 0.5) is 4.79 Å². The number of hydrogen-bond acceptors (Lipinski definition) is 4. The Labute approximate surface area is 117 Å². The van der Waals surface area contributed by atoms with Crippen molar-refractivity contribution in [1.29, 1.82) is 0 Å². The van der Waals surface area contributed by atoms with Crippen molar-refractivity contribution in [1.82, 2.24) is 4.90 Å². The maximum absolute atomic E-state index is 11.6. The molecule has 0 aliphatic carbocycles. The van der Waals surface area contributed by atoms with Crippen LogP contribution in [0.5, 0.6) is 5.75 Å². The number of rotatable bonds is 7. The van der Waals surface area contributed by atoms with Gasteiger partial charge < -0.3 is 19.5 Å². The molecular formula is C14H17NO5. The molecule has 0 heterocycles. The number of carbonyl (C=O) groups excluding carboxylic acids is 1. The van der Waals surface area contributed by atoms with Crippen molar-refractivity contribution in [2.75, 3.05) is 20.3 Å². The average Bonchev–Trinajstić information content (AvgIpc) is 2.42. The molecular weight excluding hydrogens is 262 g/mol. The summed E-state index contributed by atoms with van der Waals surface area (Å²) in [5.74, 6) is -0.599. The molecule has 1 aromatic rings. The largest absolute Gasteiger partial charge is 0.482 e. The molecule has 1 rings (SSSR count). The second kappa shape index (κ2) is 7.83. The van der Waals surface area contributed by atoms with Gasteiger partial charge in [-0.05, 0) is 17.7 Å². The summed E-state index contributed by atoms with van der Waals surface area (Å²) in [4.78, 5) is 23.4. The molecule has 0 spiro atoms. The zero-order chi connectivity index (χ0) is 15.0. The normalized spacial score (nSPS) is 9.65. The molecule has 1 amide bonds. The second-order valence-corrected chi connectivity index (χ2v) is 4.05. The standard InChI is InChI=1S/C14H17NO5/c1-3-7-19-14(18)15(2)9-11-5-4-6-12(8-11)20-10-13(16)17/h3-6,8H,1,7,9-10H2,2H3,(H,16,17). The van der Waals surface area contributed by atoms with Gasteiger partial charge in [0.15, 0.2) is 6.61 Å². The summed E-state index contributed by atoms with van der Waals surface area (Å²) in [6.45, 7) is 3.55. The van der Waals surface area contributed by atoms with Crippen molar-refractivity contribution < 1.29 is 24.2 Å². The first-order valence-electron chi connectivity index (χ1n) is 5.95. The lowest BCUT2D eigenvalue weighted by atomic mass is 10.2. The molecule has 6 heteroatoms. The van der Waals surface area contributed by atoms with Crippen molar-refractivity contribution in [2.45, 2.75) is 6.54 Å². The van der Waals surface area contributed by atoms with E-state index in [1.54, 1.807) is 25.2 Å². The van der Waals surface area contributed by atoms with Crippen LogP contribution in [0.25, 0.3) is 0 Å². The monoisotopic (exact) mass is 279 g/mol. The van der Waals surface area contributed by atoms with Gasteiger partial charge in [-0.3, -0.25) is 0 Å². The molecule has 108 valence electrons. The van der Waals surface area contributed by atoms with Crippen LogP contribution in [0.2, 0.25) is 0 Å². The van der Waals surface area contributed by atoms with Crippen LogP contribution in [-0.4, -0.2) is 42.3 Å². The second-order valence-electron chi connectivity index (χ2n) is 4.05. The van der Waals surface area contributed by atoms with Gasteiger partial charge in [0.2, 0.25) is 0 Å². The van der Waals surface area contributed by atoms with Gasteiger partial charge in [0.25, 0.3) is 0 Å². The van der Waals surface area contributed by atoms with E-state index < -0.39 is 18.7 Å². The minimum atomic E-state index is -1.04. The van der Waals surface area contributed by atoms with Crippen molar-refractivity contribution in [3.63, 3.8) is 0 Å². The van der Waals surface area contributed by atoms with Crippen LogP contribution < -0.4 is 4.74 Å². The van der Waals surface area contributed by atoms with Gasteiger partial charge in [-0.15, -0.1) is 0 Å². The highest BCUT2D eigenvalue weighted by Crippen LogP contribution is 2.14. The number of amides is 1. The summed E-state index contributed by atoms with van der Waals surface area (Å²) in [6, 6.07) is 6.88. The number of hydrogen-bond donors (Lipinski definition) is 1. The Morgan fingerprint density at radius 3 is 2.85 bits per heavy atom. The van der Waals surface area contributed by atoms with Crippen LogP contribution in [0.15, 0.2) is 36.9 Å². The predicted molar refractivity (Wildman–Crippen MR) is 72.6 cm³/mol. The molecule has 0 aliphatic heterocycles. The van der Waals surface area contributed by atoms with Crippen molar-refractivity contribution >= 4 is 12.1 Å². The van der Waals surface area contributed by atoms with Gasteiger partial charge in [-0.2, -0.15) is 0 Å². The van der Waals surface area contributed by atoms with E-state index in [0.717, 1.165) is 5.56 Å². The molecule has 0 fully saturated rings. The van der Waals surface area contributed by atoms with Gasteiger partial charge in [-0.25, -0.2) is 9.59 Å². The van der Waals surface area contributed by atoms with E-state index in [0.29, 0.717) is 12.3 Å². The number of ether oxygens (including phenoxy) is 2. The molecule has 0 radical (unpaired) electrons. The van der Waals surface area contributed by atoms with E-state index in [9.17, 15) is 9.59 Å². The summed E-state index contributed by atoms with van der Waals surface area (Å²) in [7, 11) is 1.61. The molecule has 0 unspecified atom stereocenters. The summed E-state index contributed by atoms with van der Waals surface area (Å²) >= 11 is 0. The molecule has 1 N–H and O–H groups in total. The topological polar surface area (TPSA) is 76.1 Å². The van der Waals surface area contributed by atoms with E-state index in [1.807, 2.05) is 6.07 Å². The third-order valence-electron chi connectivity index (χ3n) is 2.32. The zero-order valence-corrected chi connectivity index (χ0v) is 11.2. The molecule has 0 atom stereocenters. The molecule has 20 heavy (non-hydrogen) atoms. The smallest absolute Gasteiger partial charge is 0.410 e. The van der Waals surface area contributed by atoms with E-state index in [1.165, 1.54) is 11.0 Å². The number of aliphatic carboxylic acids is 1. The third kappa shape index (κ3) is 5.43. The van der Waals surface area contributed by atoms with Crippen LogP contribution in [-0.2, 0) is 16.1 Å². The summed E-state index contributed by atoms with van der Waals surface area (Å²) < 4.78 is 9.96. The van der Waals surface area contributed by atoms with Crippen LogP contribution >= 0.6 is 0 Å². The molecule has 6 nitrogen and oxygen atoms in total. The van der Waals surface area contributed by atoms with E-state index >= 15 is 0 Å². The van der Waals surface area contributed by atoms with Crippen molar-refractivity contribution in [2.24, 2.45) is 0 Å². The predicted octanol–water partition coefficient (Wildman–Crippen LogP) is 1.90. The fourth-order valence-electron chi connectivity index (χ4n) is 1.46. The van der Waals surface area contributed by atoms with Crippen LogP contribution in [0, 0.1) is 0 Å². The van der Waals surface area contributed by atoms with Gasteiger partial charge in [0.1, 0.15) is 12.4 Å². The first-order chi connectivity index (χ1) is 9.52. The summed E-state index contributed by atoms with van der Waals surface area (Å²) in [5, 5.41) is 8.54. The fraction of sp³-hybridized carbons (Fsp3) is 0.286. The Balaban J connectivity index is 2.58. The maximum atomic E-state index is 11.6. The number of benzene rings is 1. The number of carboxylic acids is 1. The Morgan fingerprint density at radius 2 is 2.20 bits per heavy atom. The van der Waals surface area contributed by atoms with Gasteiger partial charge in [0, 0.05) is 13.6 Å². The van der Waals surface area contributed by atoms with Gasteiger partial charge in [0.05, 0.1) is 0 Å².